The van der Waals surface area contributed by atoms with Crippen LogP contribution in [-0.4, -0.2) is 49.3 Å². The summed E-state index contributed by atoms with van der Waals surface area (Å²) in [5.74, 6) is 0. The largest absolute Gasteiger partial charge is 1.00 e. The van der Waals surface area contributed by atoms with Gasteiger partial charge in [-0.1, -0.05) is 0 Å². The minimum absolute atomic E-state index is 0. The van der Waals surface area contributed by atoms with E-state index in [4.69, 9.17) is 0 Å². The molecule has 11 heteroatoms. The van der Waals surface area contributed by atoms with Crippen molar-refractivity contribution in [2.45, 2.75) is 0 Å². The molecular weight excluding hydrogens is 199 g/mol. The fourth-order valence-corrected chi connectivity index (χ4v) is 0. The van der Waals surface area contributed by atoms with Gasteiger partial charge >= 0.3 is 29.6 Å². The normalized spacial score (nSPS) is 0. The van der Waals surface area contributed by atoms with Crippen molar-refractivity contribution in [1.29, 1.82) is 0 Å². The van der Waals surface area contributed by atoms with Gasteiger partial charge in [-0.05, 0) is 0 Å². The molecule has 18 N–H and O–H groups in total. The molecule has 0 fully saturated rings. The first-order valence-electron chi connectivity index (χ1n) is 0. The third kappa shape index (κ3) is 906. The Hall–Kier alpha value is 0.990. The van der Waals surface area contributed by atoms with E-state index in [1.165, 1.54) is 0 Å². The van der Waals surface area contributed by atoms with E-state index < -0.39 is 0 Å². The molecule has 0 saturated carbocycles. The van der Waals surface area contributed by atoms with Crippen LogP contribution in [0.1, 0.15) is 0 Å². The minimum atomic E-state index is 0. The standard InChI is InChI=1S/Na.9H2O.H2S/h;10*1H2/q+1;;;;;;;;;;. The van der Waals surface area contributed by atoms with E-state index in [1.54, 1.807) is 0 Å². The predicted octanol–water partition coefficient (Wildman–Crippen LogP) is -10.3. The molecule has 9 nitrogen and oxygen atoms in total. The van der Waals surface area contributed by atoms with E-state index in [9.17, 15) is 0 Å². The van der Waals surface area contributed by atoms with Crippen LogP contribution in [-0.2, 0) is 0 Å². The van der Waals surface area contributed by atoms with Gasteiger partial charge in [0.2, 0.25) is 0 Å². The molecule has 11 heavy (non-hydrogen) atoms. The monoisotopic (exact) mass is 219 g/mol. The fourth-order valence-electron chi connectivity index (χ4n) is 0. The molecule has 0 bridgehead atoms. The Kier molecular flexibility index (Phi) is 150000. The van der Waals surface area contributed by atoms with Gasteiger partial charge in [-0.2, -0.15) is 13.5 Å². The van der Waals surface area contributed by atoms with Crippen LogP contribution in [0.15, 0.2) is 0 Å². The van der Waals surface area contributed by atoms with Crippen molar-refractivity contribution in [3.05, 3.63) is 0 Å². The number of rotatable bonds is 0. The van der Waals surface area contributed by atoms with E-state index in [1.807, 2.05) is 0 Å². The van der Waals surface area contributed by atoms with Gasteiger partial charge in [-0.3, -0.25) is 0 Å². The van der Waals surface area contributed by atoms with Crippen molar-refractivity contribution in [2.75, 3.05) is 0 Å². The molecule has 0 rings (SSSR count). The zero-order valence-electron chi connectivity index (χ0n) is 6.00. The predicted molar refractivity (Wildman–Crippen MR) is 42.9 cm³/mol. The Morgan fingerprint density at radius 1 is 0.273 bits per heavy atom. The third-order valence-electron chi connectivity index (χ3n) is 0. The Morgan fingerprint density at radius 3 is 0.273 bits per heavy atom. The third-order valence-corrected chi connectivity index (χ3v) is 0. The molecule has 0 atom stereocenters. The van der Waals surface area contributed by atoms with Gasteiger partial charge in [0.05, 0.1) is 0 Å². The first kappa shape index (κ1) is 1480. The molecule has 0 aromatic rings. The van der Waals surface area contributed by atoms with E-state index >= 15 is 0 Å². The van der Waals surface area contributed by atoms with Crippen molar-refractivity contribution in [3.63, 3.8) is 0 Å². The zero-order valence-corrected chi connectivity index (χ0v) is 9.00. The molecule has 0 heterocycles. The smallest absolute Gasteiger partial charge is 0.412 e. The molecule has 80 valence electrons. The van der Waals surface area contributed by atoms with Crippen molar-refractivity contribution < 1.29 is 78.8 Å². The molecule has 0 unspecified atom stereocenters. The number of hydrogen-bond acceptors (Lipinski definition) is 0. The average molecular weight is 219 g/mol. The van der Waals surface area contributed by atoms with Crippen LogP contribution in [0, 0.1) is 0 Å². The molecule has 0 aromatic carbocycles. The van der Waals surface area contributed by atoms with Crippen LogP contribution in [0.4, 0.5) is 0 Å². The second-order valence-corrected chi connectivity index (χ2v) is 0. The maximum Gasteiger partial charge on any atom is 1.00 e. The summed E-state index contributed by atoms with van der Waals surface area (Å²) in [6, 6.07) is 0. The summed E-state index contributed by atoms with van der Waals surface area (Å²) >= 11 is 0. The van der Waals surface area contributed by atoms with E-state index in [2.05, 4.69) is 0 Å². The van der Waals surface area contributed by atoms with E-state index in [0.717, 1.165) is 0 Å². The Morgan fingerprint density at radius 2 is 0.273 bits per heavy atom. The summed E-state index contributed by atoms with van der Waals surface area (Å²) in [6.07, 6.45) is 0. The first-order valence-corrected chi connectivity index (χ1v) is 0. The molecule has 0 aromatic heterocycles. The van der Waals surface area contributed by atoms with Crippen LogP contribution in [0.25, 0.3) is 0 Å². The molecule has 0 amide bonds. The molecule has 0 aliphatic rings. The van der Waals surface area contributed by atoms with Crippen LogP contribution in [0.2, 0.25) is 0 Å². The second kappa shape index (κ2) is 1120. The maximum atomic E-state index is 0. The van der Waals surface area contributed by atoms with Crippen LogP contribution < -0.4 is 29.6 Å². The van der Waals surface area contributed by atoms with Crippen molar-refractivity contribution in [3.8, 4) is 0 Å². The molecule has 0 spiro atoms. The first-order chi connectivity index (χ1) is 0. The van der Waals surface area contributed by atoms with Crippen LogP contribution in [0.5, 0.6) is 0 Å². The van der Waals surface area contributed by atoms with Gasteiger partial charge in [-0.15, -0.1) is 0 Å². The van der Waals surface area contributed by atoms with Gasteiger partial charge in [0, 0.05) is 0 Å². The molecule has 0 radical (unpaired) electrons. The Labute approximate surface area is 92.3 Å². The summed E-state index contributed by atoms with van der Waals surface area (Å²) in [7, 11) is 0. The zero-order chi connectivity index (χ0) is 0. The molecule has 0 saturated heterocycles. The number of hydrogen-bond donors (Lipinski definition) is 0. The Balaban J connectivity index is 0. The summed E-state index contributed by atoms with van der Waals surface area (Å²) in [6.45, 7) is 0. The van der Waals surface area contributed by atoms with Gasteiger partial charge in [0.15, 0.2) is 0 Å². The van der Waals surface area contributed by atoms with E-state index in [0.29, 0.717) is 0 Å². The van der Waals surface area contributed by atoms with Gasteiger partial charge in [0.1, 0.15) is 0 Å². The summed E-state index contributed by atoms with van der Waals surface area (Å²) in [5.41, 5.74) is 0. The second-order valence-electron chi connectivity index (χ2n) is 0. The minimum Gasteiger partial charge on any atom is -0.412 e. The molecular formula is H20NaO9S+. The van der Waals surface area contributed by atoms with E-state index in [-0.39, 0.29) is 92.3 Å². The maximum absolute atomic E-state index is 0. The van der Waals surface area contributed by atoms with Gasteiger partial charge in [-0.25, -0.2) is 0 Å². The van der Waals surface area contributed by atoms with Crippen molar-refractivity contribution >= 4 is 13.5 Å². The quantitative estimate of drug-likeness (QED) is 0.342. The van der Waals surface area contributed by atoms with Gasteiger partial charge < -0.3 is 49.3 Å². The van der Waals surface area contributed by atoms with Crippen LogP contribution in [0.3, 0.4) is 0 Å². The van der Waals surface area contributed by atoms with Gasteiger partial charge in [0.25, 0.3) is 0 Å². The summed E-state index contributed by atoms with van der Waals surface area (Å²) in [4.78, 5) is 0. The summed E-state index contributed by atoms with van der Waals surface area (Å²) < 4.78 is 0. The molecule has 0 aliphatic heterocycles. The molecule has 0 aliphatic carbocycles. The average Bonchev–Trinajstić information content (AvgIpc) is 0. The topological polar surface area (TPSA) is 284 Å². The van der Waals surface area contributed by atoms with Crippen molar-refractivity contribution in [2.24, 2.45) is 0 Å². The SMILES string of the molecule is O.O.O.O.O.O.O.O.O.S.[Na+]. The van der Waals surface area contributed by atoms with Crippen molar-refractivity contribution in [1.82, 2.24) is 0 Å². The van der Waals surface area contributed by atoms with Crippen LogP contribution >= 0.6 is 13.5 Å². The fraction of sp³-hybridized carbons (Fsp3) is 0. The summed E-state index contributed by atoms with van der Waals surface area (Å²) in [5, 5.41) is 0. The Bertz CT molecular complexity index is 9.52.